The maximum atomic E-state index is 12.7. The van der Waals surface area contributed by atoms with Gasteiger partial charge >= 0.3 is 0 Å². The highest BCUT2D eigenvalue weighted by molar-refractivity contribution is 5.88. The van der Waals surface area contributed by atoms with Crippen LogP contribution in [-0.2, 0) is 11.2 Å². The zero-order chi connectivity index (χ0) is 15.2. The summed E-state index contributed by atoms with van der Waals surface area (Å²) in [6, 6.07) is 14.7. The van der Waals surface area contributed by atoms with E-state index in [9.17, 15) is 4.79 Å². The van der Waals surface area contributed by atoms with Crippen LogP contribution in [0.3, 0.4) is 0 Å². The standard InChI is InChI=1S/C19H22N2O/c1-21-18(22)17(20-19(21)11-4-5-12-19)13-15-9-6-8-14-7-2-3-10-16(14)15/h2-3,6-10,17,20H,4-5,11-13H2,1H3/t17-/m0/s1. The topological polar surface area (TPSA) is 32.3 Å². The molecule has 2 aliphatic rings. The molecule has 0 radical (unpaired) electrons. The molecule has 2 aromatic rings. The van der Waals surface area contributed by atoms with Crippen molar-refractivity contribution in [2.75, 3.05) is 7.05 Å². The van der Waals surface area contributed by atoms with Crippen molar-refractivity contribution in [3.8, 4) is 0 Å². The van der Waals surface area contributed by atoms with Gasteiger partial charge in [-0.05, 0) is 48.4 Å². The van der Waals surface area contributed by atoms with E-state index < -0.39 is 0 Å². The van der Waals surface area contributed by atoms with Gasteiger partial charge in [0.1, 0.15) is 0 Å². The summed E-state index contributed by atoms with van der Waals surface area (Å²) in [5, 5.41) is 6.16. The molecule has 114 valence electrons. The van der Waals surface area contributed by atoms with E-state index in [0.717, 1.165) is 19.3 Å². The number of hydrogen-bond acceptors (Lipinski definition) is 2. The van der Waals surface area contributed by atoms with Crippen LogP contribution in [0.25, 0.3) is 10.8 Å². The highest BCUT2D eigenvalue weighted by Gasteiger charge is 2.49. The van der Waals surface area contributed by atoms with Crippen LogP contribution >= 0.6 is 0 Å². The Morgan fingerprint density at radius 2 is 1.86 bits per heavy atom. The summed E-state index contributed by atoms with van der Waals surface area (Å²) in [5.41, 5.74) is 1.18. The second-order valence-corrected chi connectivity index (χ2v) is 6.68. The van der Waals surface area contributed by atoms with Crippen molar-refractivity contribution < 1.29 is 4.79 Å². The lowest BCUT2D eigenvalue weighted by Crippen LogP contribution is -2.48. The molecule has 1 aliphatic carbocycles. The lowest BCUT2D eigenvalue weighted by Gasteiger charge is -2.31. The highest BCUT2D eigenvalue weighted by Crippen LogP contribution is 2.37. The molecule has 1 saturated heterocycles. The molecule has 22 heavy (non-hydrogen) atoms. The van der Waals surface area contributed by atoms with Gasteiger partial charge in [-0.1, -0.05) is 42.5 Å². The third kappa shape index (κ3) is 2.03. The van der Waals surface area contributed by atoms with Crippen LogP contribution in [0.15, 0.2) is 42.5 Å². The molecule has 0 bridgehead atoms. The van der Waals surface area contributed by atoms with Crippen LogP contribution < -0.4 is 5.32 Å². The first-order valence-electron chi connectivity index (χ1n) is 8.22. The molecule has 1 N–H and O–H groups in total. The van der Waals surface area contributed by atoms with Gasteiger partial charge in [-0.15, -0.1) is 0 Å². The monoisotopic (exact) mass is 294 g/mol. The molecule has 4 rings (SSSR count). The summed E-state index contributed by atoms with van der Waals surface area (Å²) in [6.07, 6.45) is 5.37. The molecule has 2 aromatic carbocycles. The number of benzene rings is 2. The predicted octanol–water partition coefficient (Wildman–Crippen LogP) is 3.08. The Labute approximate surface area is 131 Å². The number of hydrogen-bond donors (Lipinski definition) is 1. The van der Waals surface area contributed by atoms with E-state index in [1.165, 1.54) is 29.2 Å². The molecular weight excluding hydrogens is 272 g/mol. The smallest absolute Gasteiger partial charge is 0.241 e. The minimum Gasteiger partial charge on any atom is -0.326 e. The summed E-state index contributed by atoms with van der Waals surface area (Å²) in [5.74, 6) is 0.245. The molecule has 1 spiro atoms. The Bertz CT molecular complexity index is 713. The fourth-order valence-electron chi connectivity index (χ4n) is 4.20. The summed E-state index contributed by atoms with van der Waals surface area (Å²) in [4.78, 5) is 14.6. The van der Waals surface area contributed by atoms with Crippen LogP contribution in [0.4, 0.5) is 0 Å². The quantitative estimate of drug-likeness (QED) is 0.923. The van der Waals surface area contributed by atoms with Crippen molar-refractivity contribution in [3.05, 3.63) is 48.0 Å². The van der Waals surface area contributed by atoms with Gasteiger partial charge in [0.15, 0.2) is 0 Å². The Hall–Kier alpha value is -1.87. The van der Waals surface area contributed by atoms with Gasteiger partial charge in [0.2, 0.25) is 5.91 Å². The fourth-order valence-corrected chi connectivity index (χ4v) is 4.20. The van der Waals surface area contributed by atoms with E-state index >= 15 is 0 Å². The van der Waals surface area contributed by atoms with Crippen molar-refractivity contribution in [3.63, 3.8) is 0 Å². The van der Waals surface area contributed by atoms with Gasteiger partial charge in [-0.2, -0.15) is 0 Å². The second-order valence-electron chi connectivity index (χ2n) is 6.68. The van der Waals surface area contributed by atoms with Crippen LogP contribution in [0.5, 0.6) is 0 Å². The van der Waals surface area contributed by atoms with Crippen molar-refractivity contribution in [1.29, 1.82) is 0 Å². The minimum absolute atomic E-state index is 0.0770. The van der Waals surface area contributed by atoms with E-state index in [-0.39, 0.29) is 17.6 Å². The largest absolute Gasteiger partial charge is 0.326 e. The summed E-state index contributed by atoms with van der Waals surface area (Å²) >= 11 is 0. The molecule has 3 heteroatoms. The normalized spacial score (nSPS) is 23.8. The number of amides is 1. The van der Waals surface area contributed by atoms with E-state index in [4.69, 9.17) is 0 Å². The van der Waals surface area contributed by atoms with Crippen LogP contribution in [0.2, 0.25) is 0 Å². The van der Waals surface area contributed by atoms with Gasteiger partial charge in [0.05, 0.1) is 11.7 Å². The Morgan fingerprint density at radius 3 is 2.68 bits per heavy atom. The molecule has 0 unspecified atom stereocenters. The SMILES string of the molecule is CN1C(=O)[C@H](Cc2cccc3ccccc23)NC12CCCC2. The predicted molar refractivity (Wildman–Crippen MR) is 88.5 cm³/mol. The lowest BCUT2D eigenvalue weighted by atomic mass is 9.98. The van der Waals surface area contributed by atoms with Gasteiger partial charge in [0.25, 0.3) is 0 Å². The van der Waals surface area contributed by atoms with Crippen molar-refractivity contribution in [2.45, 2.75) is 43.8 Å². The number of fused-ring (bicyclic) bond motifs is 1. The molecule has 1 aliphatic heterocycles. The number of nitrogens with one attached hydrogen (secondary N) is 1. The van der Waals surface area contributed by atoms with E-state index in [1.54, 1.807) is 0 Å². The first-order chi connectivity index (χ1) is 10.7. The van der Waals surface area contributed by atoms with Crippen molar-refractivity contribution in [2.24, 2.45) is 0 Å². The first-order valence-corrected chi connectivity index (χ1v) is 8.22. The van der Waals surface area contributed by atoms with Gasteiger partial charge in [0, 0.05) is 7.05 Å². The highest BCUT2D eigenvalue weighted by atomic mass is 16.2. The molecule has 1 saturated carbocycles. The molecule has 3 nitrogen and oxygen atoms in total. The lowest BCUT2D eigenvalue weighted by molar-refractivity contribution is -0.130. The molecule has 0 aromatic heterocycles. The first kappa shape index (κ1) is 13.8. The third-order valence-electron chi connectivity index (χ3n) is 5.45. The fraction of sp³-hybridized carbons (Fsp3) is 0.421. The molecular formula is C19H22N2O. The third-order valence-corrected chi connectivity index (χ3v) is 5.45. The number of likely N-dealkylation sites (N-methyl/N-ethyl adjacent to an activating group) is 1. The molecule has 2 fully saturated rings. The average molecular weight is 294 g/mol. The Kier molecular flexibility index (Phi) is 3.19. The van der Waals surface area contributed by atoms with Gasteiger partial charge in [-0.3, -0.25) is 10.1 Å². The maximum absolute atomic E-state index is 12.7. The number of carbonyl (C=O) groups excluding carboxylic acids is 1. The van der Waals surface area contributed by atoms with Gasteiger partial charge in [-0.25, -0.2) is 0 Å². The zero-order valence-electron chi connectivity index (χ0n) is 13.0. The summed E-state index contributed by atoms with van der Waals surface area (Å²) in [7, 11) is 1.96. The van der Waals surface area contributed by atoms with Crippen LogP contribution in [-0.4, -0.2) is 29.6 Å². The van der Waals surface area contributed by atoms with E-state index in [1.807, 2.05) is 11.9 Å². The molecule has 1 heterocycles. The number of carbonyl (C=O) groups is 1. The summed E-state index contributed by atoms with van der Waals surface area (Å²) < 4.78 is 0. The Balaban J connectivity index is 1.64. The average Bonchev–Trinajstić information content (AvgIpc) is 3.10. The van der Waals surface area contributed by atoms with Crippen LogP contribution in [0.1, 0.15) is 31.2 Å². The maximum Gasteiger partial charge on any atom is 0.241 e. The zero-order valence-corrected chi connectivity index (χ0v) is 13.0. The van der Waals surface area contributed by atoms with Crippen LogP contribution in [0, 0.1) is 0 Å². The second kappa shape index (κ2) is 5.10. The van der Waals surface area contributed by atoms with E-state index in [2.05, 4.69) is 47.8 Å². The number of nitrogens with zero attached hydrogens (tertiary/aromatic N) is 1. The van der Waals surface area contributed by atoms with Crippen molar-refractivity contribution >= 4 is 16.7 Å². The molecule has 1 amide bonds. The van der Waals surface area contributed by atoms with Gasteiger partial charge < -0.3 is 4.90 Å². The van der Waals surface area contributed by atoms with Crippen molar-refractivity contribution in [1.82, 2.24) is 10.2 Å². The minimum atomic E-state index is -0.0890. The van der Waals surface area contributed by atoms with E-state index in [0.29, 0.717) is 0 Å². The number of rotatable bonds is 2. The molecule has 1 atom stereocenters. The summed E-state index contributed by atoms with van der Waals surface area (Å²) in [6.45, 7) is 0. The Morgan fingerprint density at radius 1 is 1.14 bits per heavy atom.